The van der Waals surface area contributed by atoms with E-state index in [1.54, 1.807) is 0 Å². The van der Waals surface area contributed by atoms with Crippen LogP contribution in [0.3, 0.4) is 0 Å². The van der Waals surface area contributed by atoms with E-state index in [9.17, 15) is 0 Å². The van der Waals surface area contributed by atoms with Crippen LogP contribution >= 0.6 is 12.2 Å². The fraction of sp³-hybridized carbons (Fsp3) is 0.323. The van der Waals surface area contributed by atoms with Crippen LogP contribution in [0.25, 0.3) is 11.1 Å². The summed E-state index contributed by atoms with van der Waals surface area (Å²) in [6, 6.07) is 23.7. The highest BCUT2D eigenvalue weighted by atomic mass is 32.1. The fourth-order valence-electron chi connectivity index (χ4n) is 4.94. The van der Waals surface area contributed by atoms with Gasteiger partial charge in [0.25, 0.3) is 0 Å². The lowest BCUT2D eigenvalue weighted by Gasteiger charge is -2.28. The SMILES string of the molecule is CCCC1CCC(c2ccc(-c3ccc(C#Cc4ccc(N=C=S)cc4C)cc3)cc2)CC1. The normalized spacial score (nSPS) is 17.5. The third-order valence-corrected chi connectivity index (χ3v) is 6.96. The van der Waals surface area contributed by atoms with E-state index < -0.39 is 0 Å². The van der Waals surface area contributed by atoms with Gasteiger partial charge in [-0.3, -0.25) is 0 Å². The highest BCUT2D eigenvalue weighted by molar-refractivity contribution is 7.78. The van der Waals surface area contributed by atoms with Gasteiger partial charge in [0, 0.05) is 11.1 Å². The summed E-state index contributed by atoms with van der Waals surface area (Å²) in [5, 5.41) is 2.40. The Hall–Kier alpha value is -2.98. The zero-order chi connectivity index (χ0) is 23.0. The van der Waals surface area contributed by atoms with Gasteiger partial charge in [0.1, 0.15) is 0 Å². The monoisotopic (exact) mass is 449 g/mol. The Morgan fingerprint density at radius 1 is 0.848 bits per heavy atom. The lowest BCUT2D eigenvalue weighted by Crippen LogP contribution is -2.13. The van der Waals surface area contributed by atoms with Crippen molar-refractivity contribution in [3.8, 4) is 23.0 Å². The van der Waals surface area contributed by atoms with Gasteiger partial charge >= 0.3 is 0 Å². The third kappa shape index (κ3) is 6.08. The van der Waals surface area contributed by atoms with Gasteiger partial charge in [-0.2, -0.15) is 4.99 Å². The van der Waals surface area contributed by atoms with Crippen LogP contribution in [0.1, 0.15) is 73.6 Å². The molecule has 0 heterocycles. The van der Waals surface area contributed by atoms with Gasteiger partial charge < -0.3 is 0 Å². The zero-order valence-corrected chi connectivity index (χ0v) is 20.4. The number of benzene rings is 3. The Balaban J connectivity index is 1.41. The molecule has 0 spiro atoms. The highest BCUT2D eigenvalue weighted by Crippen LogP contribution is 2.38. The predicted molar refractivity (Wildman–Crippen MR) is 143 cm³/mol. The van der Waals surface area contributed by atoms with Crippen molar-refractivity contribution in [2.24, 2.45) is 10.9 Å². The molecule has 0 bridgehead atoms. The Bertz CT molecular complexity index is 1180. The Morgan fingerprint density at radius 3 is 2.12 bits per heavy atom. The van der Waals surface area contributed by atoms with Crippen LogP contribution in [0.4, 0.5) is 5.69 Å². The number of aryl methyl sites for hydroxylation is 1. The number of aliphatic imine (C=N–C) groups is 1. The molecule has 3 aromatic carbocycles. The molecule has 1 aliphatic rings. The molecular weight excluding hydrogens is 418 g/mol. The van der Waals surface area contributed by atoms with E-state index in [-0.39, 0.29) is 0 Å². The van der Waals surface area contributed by atoms with Crippen molar-refractivity contribution in [2.45, 2.75) is 58.3 Å². The summed E-state index contributed by atoms with van der Waals surface area (Å²) < 4.78 is 0. The lowest BCUT2D eigenvalue weighted by molar-refractivity contribution is 0.308. The van der Waals surface area contributed by atoms with Crippen LogP contribution in [-0.4, -0.2) is 5.16 Å². The molecule has 0 unspecified atom stereocenters. The van der Waals surface area contributed by atoms with Gasteiger partial charge in [0.2, 0.25) is 0 Å². The van der Waals surface area contributed by atoms with E-state index in [0.717, 1.165) is 34.2 Å². The van der Waals surface area contributed by atoms with Gasteiger partial charge in [-0.25, -0.2) is 0 Å². The minimum atomic E-state index is 0.740. The van der Waals surface area contributed by atoms with E-state index >= 15 is 0 Å². The maximum atomic E-state index is 4.67. The molecule has 166 valence electrons. The first kappa shape index (κ1) is 23.2. The standard InChI is InChI=1S/C31H31NS/c1-3-4-24-6-11-27(12-7-24)29-15-17-30(18-16-29)28-13-8-25(9-14-28)5-10-26-19-20-31(32-22-33)21-23(26)2/h8-9,13-21,24,27H,3-4,6-7,11-12H2,1-2H3. The molecule has 1 fully saturated rings. The average Bonchev–Trinajstić information content (AvgIpc) is 2.85. The summed E-state index contributed by atoms with van der Waals surface area (Å²) in [5.74, 6) is 8.25. The number of thiocarbonyl (C=S) groups is 1. The number of hydrogen-bond acceptors (Lipinski definition) is 2. The maximum absolute atomic E-state index is 4.67. The summed E-state index contributed by atoms with van der Waals surface area (Å²) in [7, 11) is 0. The van der Waals surface area contributed by atoms with Crippen molar-refractivity contribution in [1.82, 2.24) is 0 Å². The topological polar surface area (TPSA) is 12.4 Å². The highest BCUT2D eigenvalue weighted by Gasteiger charge is 2.21. The van der Waals surface area contributed by atoms with E-state index in [0.29, 0.717) is 0 Å². The van der Waals surface area contributed by atoms with Gasteiger partial charge in [-0.15, -0.1) is 0 Å². The molecule has 0 saturated heterocycles. The quantitative estimate of drug-likeness (QED) is 0.215. The molecule has 33 heavy (non-hydrogen) atoms. The summed E-state index contributed by atoms with van der Waals surface area (Å²) in [5.41, 5.74) is 7.92. The van der Waals surface area contributed by atoms with Crippen LogP contribution in [-0.2, 0) is 0 Å². The molecule has 0 aliphatic heterocycles. The van der Waals surface area contributed by atoms with Crippen LogP contribution in [0.15, 0.2) is 71.7 Å². The molecule has 1 saturated carbocycles. The van der Waals surface area contributed by atoms with Gasteiger partial charge in [0.15, 0.2) is 0 Å². The van der Waals surface area contributed by atoms with Crippen LogP contribution in [0, 0.1) is 24.7 Å². The van der Waals surface area contributed by atoms with Crippen LogP contribution < -0.4 is 0 Å². The molecule has 3 aromatic rings. The van der Waals surface area contributed by atoms with Crippen LogP contribution in [0.5, 0.6) is 0 Å². The number of nitrogens with zero attached hydrogens (tertiary/aromatic N) is 1. The van der Waals surface area contributed by atoms with E-state index in [1.807, 2.05) is 25.1 Å². The van der Waals surface area contributed by atoms with Crippen molar-refractivity contribution in [1.29, 1.82) is 0 Å². The molecule has 4 rings (SSSR count). The number of rotatable bonds is 5. The molecule has 0 atom stereocenters. The fourth-order valence-corrected chi connectivity index (χ4v) is 5.04. The van der Waals surface area contributed by atoms with Gasteiger partial charge in [-0.05, 0) is 109 Å². The molecule has 1 aliphatic carbocycles. The number of hydrogen-bond donors (Lipinski definition) is 0. The summed E-state index contributed by atoms with van der Waals surface area (Å²) in [4.78, 5) is 4.02. The zero-order valence-electron chi connectivity index (χ0n) is 19.6. The summed E-state index contributed by atoms with van der Waals surface area (Å²) in [6.07, 6.45) is 8.21. The van der Waals surface area contributed by atoms with Crippen molar-refractivity contribution in [2.75, 3.05) is 0 Å². The molecule has 0 amide bonds. The molecule has 0 aromatic heterocycles. The molecule has 0 radical (unpaired) electrons. The Morgan fingerprint density at radius 2 is 1.52 bits per heavy atom. The maximum Gasteiger partial charge on any atom is 0.0743 e. The first-order valence-corrected chi connectivity index (χ1v) is 12.5. The van der Waals surface area contributed by atoms with E-state index in [4.69, 9.17) is 0 Å². The molecular formula is C31H31NS. The summed E-state index contributed by atoms with van der Waals surface area (Å²) in [6.45, 7) is 4.35. The first-order chi connectivity index (χ1) is 16.2. The van der Waals surface area contributed by atoms with Gasteiger partial charge in [-0.1, -0.05) is 68.0 Å². The summed E-state index contributed by atoms with van der Waals surface area (Å²) >= 11 is 4.67. The van der Waals surface area contributed by atoms with Crippen LogP contribution in [0.2, 0.25) is 0 Å². The van der Waals surface area contributed by atoms with Crippen molar-refractivity contribution in [3.63, 3.8) is 0 Å². The molecule has 1 nitrogen and oxygen atoms in total. The minimum absolute atomic E-state index is 0.740. The van der Waals surface area contributed by atoms with E-state index in [2.05, 4.69) is 89.7 Å². The second-order valence-corrected chi connectivity index (χ2v) is 9.34. The largest absolute Gasteiger partial charge is 0.195 e. The van der Waals surface area contributed by atoms with E-state index in [1.165, 1.54) is 55.2 Å². The molecule has 2 heteroatoms. The second-order valence-electron chi connectivity index (χ2n) is 9.16. The van der Waals surface area contributed by atoms with Gasteiger partial charge in [0.05, 0.1) is 10.8 Å². The van der Waals surface area contributed by atoms with Crippen molar-refractivity contribution >= 4 is 23.1 Å². The van der Waals surface area contributed by atoms with Crippen molar-refractivity contribution < 1.29 is 0 Å². The average molecular weight is 450 g/mol. The first-order valence-electron chi connectivity index (χ1n) is 12.1. The Kier molecular flexibility index (Phi) is 7.90. The second kappa shape index (κ2) is 11.2. The molecule has 0 N–H and O–H groups in total. The predicted octanol–water partition coefficient (Wildman–Crippen LogP) is 8.87. The Labute approximate surface area is 204 Å². The smallest absolute Gasteiger partial charge is 0.0743 e. The third-order valence-electron chi connectivity index (χ3n) is 6.87. The van der Waals surface area contributed by atoms with Crippen molar-refractivity contribution in [3.05, 3.63) is 89.0 Å². The minimum Gasteiger partial charge on any atom is -0.195 e. The lowest BCUT2D eigenvalue weighted by atomic mass is 9.77. The number of isothiocyanates is 1.